The van der Waals surface area contributed by atoms with Crippen LogP contribution < -0.4 is 10.1 Å². The number of hydrogen-bond acceptors (Lipinski definition) is 6. The van der Waals surface area contributed by atoms with Crippen LogP contribution in [0.15, 0.2) is 66.7 Å². The molecule has 0 bridgehead atoms. The average molecular weight is 640 g/mol. The van der Waals surface area contributed by atoms with Crippen LogP contribution in [0.25, 0.3) is 0 Å². The maximum atomic E-state index is 13.8. The molecule has 0 radical (unpaired) electrons. The molecule has 0 spiro atoms. The van der Waals surface area contributed by atoms with Crippen molar-refractivity contribution in [2.45, 2.75) is 109 Å². The summed E-state index contributed by atoms with van der Waals surface area (Å²) in [6.07, 6.45) is 6.73. The number of amides is 1. The van der Waals surface area contributed by atoms with Crippen LogP contribution in [-0.4, -0.2) is 30.6 Å². The van der Waals surface area contributed by atoms with Gasteiger partial charge in [0.1, 0.15) is 17.6 Å². The van der Waals surface area contributed by atoms with E-state index < -0.39 is 0 Å². The molecule has 1 aliphatic heterocycles. The number of carbonyl (C=O) groups excluding carboxylic acids is 3. The van der Waals surface area contributed by atoms with Crippen molar-refractivity contribution in [1.82, 2.24) is 0 Å². The first kappa shape index (κ1) is 34.2. The third-order valence-electron chi connectivity index (χ3n) is 9.29. The van der Waals surface area contributed by atoms with Gasteiger partial charge < -0.3 is 19.5 Å². The van der Waals surface area contributed by atoms with Crippen molar-refractivity contribution >= 4 is 23.5 Å². The Balaban J connectivity index is 1.25. The molecule has 1 amide bonds. The molecular formula is C40H49NO6. The number of benzene rings is 3. The fourth-order valence-electron chi connectivity index (χ4n) is 6.85. The maximum Gasteiger partial charge on any atom is 0.306 e. The van der Waals surface area contributed by atoms with Crippen molar-refractivity contribution < 1.29 is 28.6 Å². The van der Waals surface area contributed by atoms with E-state index in [0.29, 0.717) is 13.0 Å². The molecule has 1 heterocycles. The van der Waals surface area contributed by atoms with Crippen molar-refractivity contribution in [2.24, 2.45) is 5.92 Å². The molecule has 0 aromatic heterocycles. The summed E-state index contributed by atoms with van der Waals surface area (Å²) in [5.74, 6) is 1.02. The Labute approximate surface area is 279 Å². The number of carbonyl (C=O) groups is 3. The quantitative estimate of drug-likeness (QED) is 0.199. The van der Waals surface area contributed by atoms with E-state index >= 15 is 0 Å². The lowest BCUT2D eigenvalue weighted by Gasteiger charge is -2.31. The summed E-state index contributed by atoms with van der Waals surface area (Å²) >= 11 is 0. The monoisotopic (exact) mass is 639 g/mol. The van der Waals surface area contributed by atoms with Gasteiger partial charge in [-0.1, -0.05) is 82.6 Å². The van der Waals surface area contributed by atoms with Gasteiger partial charge in [-0.05, 0) is 79.2 Å². The van der Waals surface area contributed by atoms with Crippen molar-refractivity contribution in [2.75, 3.05) is 11.9 Å². The molecule has 1 fully saturated rings. The highest BCUT2D eigenvalue weighted by atomic mass is 16.5. The Hall–Kier alpha value is -4.13. The van der Waals surface area contributed by atoms with E-state index in [1.54, 1.807) is 0 Å². The average Bonchev–Trinajstić information content (AvgIpc) is 3.05. The van der Waals surface area contributed by atoms with Crippen molar-refractivity contribution in [3.8, 4) is 11.5 Å². The number of esters is 2. The van der Waals surface area contributed by atoms with Crippen LogP contribution in [0.1, 0.15) is 114 Å². The van der Waals surface area contributed by atoms with Gasteiger partial charge in [0.25, 0.3) is 0 Å². The molecule has 2 aliphatic rings. The van der Waals surface area contributed by atoms with E-state index in [4.69, 9.17) is 14.2 Å². The van der Waals surface area contributed by atoms with Gasteiger partial charge in [0.2, 0.25) is 5.91 Å². The number of para-hydroxylation sites is 2. The third-order valence-corrected chi connectivity index (χ3v) is 9.29. The maximum absolute atomic E-state index is 13.8. The molecule has 7 heteroatoms. The Morgan fingerprint density at radius 1 is 0.872 bits per heavy atom. The number of rotatable bonds is 12. The molecule has 3 aromatic carbocycles. The zero-order valence-electron chi connectivity index (χ0n) is 28.3. The number of hydrogen-bond donors (Lipinski definition) is 1. The lowest BCUT2D eigenvalue weighted by atomic mass is 9.81. The SMILES string of the molecule is CCCOC(=O)CCC(=O)OC1CCCCC1CCc1ccc(C(C)(C)C)c(NC(=O)CC2c3ccccc3Oc3ccccc32)c1. The molecule has 1 saturated carbocycles. The van der Waals surface area contributed by atoms with Gasteiger partial charge in [0.05, 0.1) is 19.4 Å². The summed E-state index contributed by atoms with van der Waals surface area (Å²) in [5, 5.41) is 3.29. The summed E-state index contributed by atoms with van der Waals surface area (Å²) in [6.45, 7) is 8.79. The summed E-state index contributed by atoms with van der Waals surface area (Å²) in [6, 6.07) is 22.3. The minimum absolute atomic E-state index is 0.0398. The minimum Gasteiger partial charge on any atom is -0.466 e. The smallest absolute Gasteiger partial charge is 0.306 e. The Morgan fingerprint density at radius 2 is 1.53 bits per heavy atom. The second-order valence-electron chi connectivity index (χ2n) is 13.9. The van der Waals surface area contributed by atoms with Gasteiger partial charge in [0, 0.05) is 29.2 Å². The zero-order valence-corrected chi connectivity index (χ0v) is 28.3. The molecule has 2 atom stereocenters. The van der Waals surface area contributed by atoms with Crippen LogP contribution in [0.5, 0.6) is 11.5 Å². The Bertz CT molecular complexity index is 1510. The molecule has 1 N–H and O–H groups in total. The second-order valence-corrected chi connectivity index (χ2v) is 13.9. The van der Waals surface area contributed by atoms with E-state index in [9.17, 15) is 14.4 Å². The number of ether oxygens (including phenoxy) is 3. The highest BCUT2D eigenvalue weighted by Crippen LogP contribution is 2.45. The molecule has 0 saturated heterocycles. The molecule has 47 heavy (non-hydrogen) atoms. The van der Waals surface area contributed by atoms with Gasteiger partial charge in [-0.15, -0.1) is 0 Å². The molecule has 2 unspecified atom stereocenters. The molecule has 7 nitrogen and oxygen atoms in total. The lowest BCUT2D eigenvalue weighted by molar-refractivity contribution is -0.157. The molecule has 3 aromatic rings. The first-order valence-corrected chi connectivity index (χ1v) is 17.3. The molecule has 5 rings (SSSR count). The summed E-state index contributed by atoms with van der Waals surface area (Å²) in [7, 11) is 0. The third kappa shape index (κ3) is 9.03. The van der Waals surface area contributed by atoms with E-state index in [0.717, 1.165) is 84.4 Å². The normalized spacial score (nSPS) is 17.5. The van der Waals surface area contributed by atoms with Crippen LogP contribution in [0.2, 0.25) is 0 Å². The Morgan fingerprint density at radius 3 is 2.21 bits per heavy atom. The van der Waals surface area contributed by atoms with Gasteiger partial charge in [-0.25, -0.2) is 0 Å². The highest BCUT2D eigenvalue weighted by Gasteiger charge is 2.31. The van der Waals surface area contributed by atoms with Crippen molar-refractivity contribution in [3.05, 3.63) is 89.0 Å². The Kier molecular flexibility index (Phi) is 11.4. The predicted molar refractivity (Wildman–Crippen MR) is 184 cm³/mol. The van der Waals surface area contributed by atoms with E-state index in [1.807, 2.05) is 55.5 Å². The summed E-state index contributed by atoms with van der Waals surface area (Å²) in [5.41, 5.74) is 4.95. The molecule has 250 valence electrons. The number of aryl methyl sites for hydroxylation is 1. The standard InChI is InChI=1S/C40H49NO6/c1-5-24-45-38(43)22-23-39(44)47-34-15-9-6-12-28(34)20-18-27-19-21-32(40(2,3)4)33(25-27)41-37(42)26-31-29-13-7-10-16-35(29)46-36-17-11-8-14-30(31)36/h7-8,10-11,13-14,16-17,19,21,25,28,31,34H,5-6,9,12,15,18,20,22-24,26H2,1-4H3,(H,41,42). The fourth-order valence-corrected chi connectivity index (χ4v) is 6.85. The summed E-state index contributed by atoms with van der Waals surface area (Å²) in [4.78, 5) is 38.2. The highest BCUT2D eigenvalue weighted by molar-refractivity contribution is 5.93. The van der Waals surface area contributed by atoms with Gasteiger partial charge in [-0.2, -0.15) is 0 Å². The molecular weight excluding hydrogens is 590 g/mol. The number of anilines is 1. The largest absolute Gasteiger partial charge is 0.466 e. The summed E-state index contributed by atoms with van der Waals surface area (Å²) < 4.78 is 17.1. The predicted octanol–water partition coefficient (Wildman–Crippen LogP) is 9.02. The van der Waals surface area contributed by atoms with Crippen molar-refractivity contribution in [1.29, 1.82) is 0 Å². The van der Waals surface area contributed by atoms with E-state index in [-0.39, 0.29) is 54.0 Å². The first-order valence-electron chi connectivity index (χ1n) is 17.3. The van der Waals surface area contributed by atoms with Gasteiger partial charge >= 0.3 is 11.9 Å². The van der Waals surface area contributed by atoms with Crippen LogP contribution in [-0.2, 0) is 35.7 Å². The topological polar surface area (TPSA) is 90.9 Å². The van der Waals surface area contributed by atoms with Gasteiger partial charge in [0.15, 0.2) is 0 Å². The molecule has 1 aliphatic carbocycles. The van der Waals surface area contributed by atoms with Crippen LogP contribution in [0.3, 0.4) is 0 Å². The first-order chi connectivity index (χ1) is 22.6. The van der Waals surface area contributed by atoms with E-state index in [1.165, 1.54) is 0 Å². The number of fused-ring (bicyclic) bond motifs is 2. The van der Waals surface area contributed by atoms with E-state index in [2.05, 4.69) is 44.3 Å². The second kappa shape index (κ2) is 15.6. The van der Waals surface area contributed by atoms with Crippen LogP contribution in [0.4, 0.5) is 5.69 Å². The van der Waals surface area contributed by atoms with Crippen LogP contribution >= 0.6 is 0 Å². The minimum atomic E-state index is -0.354. The lowest BCUT2D eigenvalue weighted by Crippen LogP contribution is -2.30. The van der Waals surface area contributed by atoms with Crippen molar-refractivity contribution in [3.63, 3.8) is 0 Å². The van der Waals surface area contributed by atoms with Crippen LogP contribution in [0, 0.1) is 5.92 Å². The van der Waals surface area contributed by atoms with Gasteiger partial charge in [-0.3, -0.25) is 14.4 Å². The number of nitrogens with one attached hydrogen (secondary N) is 1. The fraction of sp³-hybridized carbons (Fsp3) is 0.475. The zero-order chi connectivity index (χ0) is 33.4.